The molecule has 1 aromatic heterocycles. The molecule has 0 unspecified atom stereocenters. The Hall–Kier alpha value is -2.61. The summed E-state index contributed by atoms with van der Waals surface area (Å²) in [7, 11) is 0. The Balaban J connectivity index is 0.00000280. The van der Waals surface area contributed by atoms with Crippen LogP contribution in [0.1, 0.15) is 16.7 Å². The first-order valence-corrected chi connectivity index (χ1v) is 9.02. The van der Waals surface area contributed by atoms with E-state index in [1.54, 1.807) is 22.9 Å². The van der Waals surface area contributed by atoms with Crippen molar-refractivity contribution in [3.63, 3.8) is 0 Å². The highest BCUT2D eigenvalue weighted by molar-refractivity contribution is 14.0. The summed E-state index contributed by atoms with van der Waals surface area (Å²) in [5.74, 6) is 0.450. The second kappa shape index (κ2) is 11.3. The second-order valence-electron chi connectivity index (χ2n) is 6.35. The van der Waals surface area contributed by atoms with E-state index >= 15 is 0 Å². The van der Waals surface area contributed by atoms with Crippen molar-refractivity contribution in [2.75, 3.05) is 6.54 Å². The largest absolute Gasteiger partial charge is 0.370 e. The summed E-state index contributed by atoms with van der Waals surface area (Å²) in [4.78, 5) is 16.2. The molecule has 3 aromatic rings. The van der Waals surface area contributed by atoms with Gasteiger partial charge < -0.3 is 15.6 Å². The number of nitrogens with zero attached hydrogens (tertiary/aromatic N) is 2. The third-order valence-electron chi connectivity index (χ3n) is 4.27. The van der Waals surface area contributed by atoms with Gasteiger partial charge in [-0.2, -0.15) is 0 Å². The first-order chi connectivity index (χ1) is 13.2. The summed E-state index contributed by atoms with van der Waals surface area (Å²) in [6, 6.07) is 23.5. The van der Waals surface area contributed by atoms with Gasteiger partial charge >= 0.3 is 0 Å². The first kappa shape index (κ1) is 21.7. The number of nitrogens with one attached hydrogen (secondary N) is 1. The monoisotopic (exact) mass is 488 g/mol. The van der Waals surface area contributed by atoms with Crippen LogP contribution >= 0.6 is 24.0 Å². The fraction of sp³-hybridized carbons (Fsp3) is 0.182. The lowest BCUT2D eigenvalue weighted by molar-refractivity contribution is 0.759. The molecule has 0 saturated carbocycles. The van der Waals surface area contributed by atoms with Crippen molar-refractivity contribution in [1.29, 1.82) is 0 Å². The normalized spacial score (nSPS) is 10.9. The third kappa shape index (κ3) is 6.84. The highest BCUT2D eigenvalue weighted by Crippen LogP contribution is 2.07. The van der Waals surface area contributed by atoms with E-state index in [4.69, 9.17) is 5.73 Å². The molecule has 0 aliphatic heterocycles. The number of rotatable bonds is 7. The molecule has 5 nitrogen and oxygen atoms in total. The molecular formula is C22H25IN4O. The lowest BCUT2D eigenvalue weighted by atomic mass is 10.1. The molecule has 3 N–H and O–H groups in total. The summed E-state index contributed by atoms with van der Waals surface area (Å²) in [6.07, 6.45) is 2.70. The maximum absolute atomic E-state index is 11.8. The fourth-order valence-corrected chi connectivity index (χ4v) is 2.75. The summed E-state index contributed by atoms with van der Waals surface area (Å²) in [6.45, 7) is 1.84. The van der Waals surface area contributed by atoms with Crippen molar-refractivity contribution in [3.05, 3.63) is 106 Å². The molecule has 2 aromatic carbocycles. The molecule has 28 heavy (non-hydrogen) atoms. The van der Waals surface area contributed by atoms with Gasteiger partial charge in [0.25, 0.3) is 5.56 Å². The summed E-state index contributed by atoms with van der Waals surface area (Å²) in [5.41, 5.74) is 9.36. The van der Waals surface area contributed by atoms with Crippen molar-refractivity contribution in [3.8, 4) is 0 Å². The van der Waals surface area contributed by atoms with Crippen LogP contribution in [0, 0.1) is 0 Å². The Morgan fingerprint density at radius 1 is 0.893 bits per heavy atom. The van der Waals surface area contributed by atoms with E-state index in [-0.39, 0.29) is 29.5 Å². The lowest BCUT2D eigenvalue weighted by Crippen LogP contribution is -2.33. The average molecular weight is 488 g/mol. The number of hydrogen-bond acceptors (Lipinski definition) is 2. The highest BCUT2D eigenvalue weighted by Gasteiger charge is 1.99. The first-order valence-electron chi connectivity index (χ1n) is 9.02. The number of aliphatic imine (C=N–C) groups is 1. The topological polar surface area (TPSA) is 72.4 Å². The number of halogens is 1. The van der Waals surface area contributed by atoms with Crippen LogP contribution < -0.4 is 16.6 Å². The molecule has 0 bridgehead atoms. The average Bonchev–Trinajstić information content (AvgIpc) is 2.70. The SMILES string of the molecule is I.NC(=NCc1ccc(Cn2ccccc2=O)cc1)NCCc1ccccc1. The maximum Gasteiger partial charge on any atom is 0.250 e. The van der Waals surface area contributed by atoms with E-state index in [0.29, 0.717) is 19.0 Å². The molecule has 1 heterocycles. The zero-order chi connectivity index (χ0) is 18.9. The van der Waals surface area contributed by atoms with Crippen LogP contribution in [-0.2, 0) is 19.5 Å². The number of nitrogens with two attached hydrogens (primary N) is 1. The molecule has 0 aliphatic rings. The number of hydrogen-bond donors (Lipinski definition) is 2. The van der Waals surface area contributed by atoms with Crippen LogP contribution in [0.15, 0.2) is 88.8 Å². The van der Waals surface area contributed by atoms with E-state index in [1.807, 2.05) is 48.5 Å². The summed E-state index contributed by atoms with van der Waals surface area (Å²) in [5, 5.41) is 3.14. The zero-order valence-corrected chi connectivity index (χ0v) is 18.0. The van der Waals surface area contributed by atoms with Gasteiger partial charge in [-0.05, 0) is 29.2 Å². The van der Waals surface area contributed by atoms with E-state index in [0.717, 1.165) is 24.1 Å². The molecule has 0 amide bonds. The number of guanidine groups is 1. The van der Waals surface area contributed by atoms with Gasteiger partial charge in [0.2, 0.25) is 0 Å². The number of benzene rings is 2. The second-order valence-corrected chi connectivity index (χ2v) is 6.35. The molecule has 0 spiro atoms. The van der Waals surface area contributed by atoms with Gasteiger partial charge in [-0.3, -0.25) is 4.79 Å². The Morgan fingerprint density at radius 2 is 1.57 bits per heavy atom. The molecule has 0 atom stereocenters. The predicted octanol–water partition coefficient (Wildman–Crippen LogP) is 3.16. The molecule has 146 valence electrons. The number of pyridine rings is 1. The van der Waals surface area contributed by atoms with Crippen LogP contribution in [0.3, 0.4) is 0 Å². The van der Waals surface area contributed by atoms with Gasteiger partial charge in [-0.1, -0.05) is 60.7 Å². The van der Waals surface area contributed by atoms with Crippen LogP contribution in [-0.4, -0.2) is 17.1 Å². The van der Waals surface area contributed by atoms with Crippen molar-refractivity contribution in [2.24, 2.45) is 10.7 Å². The maximum atomic E-state index is 11.8. The molecule has 0 aliphatic carbocycles. The Labute approximate surface area is 182 Å². The summed E-state index contributed by atoms with van der Waals surface area (Å²) >= 11 is 0. The van der Waals surface area contributed by atoms with E-state index < -0.39 is 0 Å². The minimum absolute atomic E-state index is 0. The van der Waals surface area contributed by atoms with Gasteiger partial charge in [0.1, 0.15) is 0 Å². The van der Waals surface area contributed by atoms with Gasteiger partial charge in [0.05, 0.1) is 13.1 Å². The van der Waals surface area contributed by atoms with Crippen LogP contribution in [0.4, 0.5) is 0 Å². The smallest absolute Gasteiger partial charge is 0.250 e. The highest BCUT2D eigenvalue weighted by atomic mass is 127. The Kier molecular flexibility index (Phi) is 8.74. The molecule has 0 fully saturated rings. The Morgan fingerprint density at radius 3 is 2.29 bits per heavy atom. The predicted molar refractivity (Wildman–Crippen MR) is 125 cm³/mol. The van der Waals surface area contributed by atoms with Crippen molar-refractivity contribution in [1.82, 2.24) is 9.88 Å². The van der Waals surface area contributed by atoms with Crippen molar-refractivity contribution >= 4 is 29.9 Å². The van der Waals surface area contributed by atoms with E-state index in [1.165, 1.54) is 5.56 Å². The third-order valence-corrected chi connectivity index (χ3v) is 4.27. The van der Waals surface area contributed by atoms with Gasteiger partial charge in [0, 0.05) is 18.8 Å². The molecule has 3 rings (SSSR count). The van der Waals surface area contributed by atoms with Crippen LogP contribution in [0.5, 0.6) is 0 Å². The molecule has 6 heteroatoms. The van der Waals surface area contributed by atoms with Gasteiger partial charge in [0.15, 0.2) is 5.96 Å². The van der Waals surface area contributed by atoms with Crippen molar-refractivity contribution < 1.29 is 0 Å². The minimum atomic E-state index is 0. The zero-order valence-electron chi connectivity index (χ0n) is 15.6. The van der Waals surface area contributed by atoms with Crippen molar-refractivity contribution in [2.45, 2.75) is 19.5 Å². The van der Waals surface area contributed by atoms with Gasteiger partial charge in [-0.25, -0.2) is 4.99 Å². The summed E-state index contributed by atoms with van der Waals surface area (Å²) < 4.78 is 1.68. The molecule has 0 radical (unpaired) electrons. The minimum Gasteiger partial charge on any atom is -0.370 e. The quantitative estimate of drug-likeness (QED) is 0.305. The molecule has 0 saturated heterocycles. The fourth-order valence-electron chi connectivity index (χ4n) is 2.75. The standard InChI is InChI=1S/C22H24N4O.HI/c23-22(24-14-13-18-6-2-1-3-7-18)25-16-19-9-11-20(12-10-19)17-26-15-5-4-8-21(26)27;/h1-12,15H,13-14,16-17H2,(H3,23,24,25);1H. The van der Waals surface area contributed by atoms with Gasteiger partial charge in [-0.15, -0.1) is 24.0 Å². The number of aromatic nitrogens is 1. The van der Waals surface area contributed by atoms with E-state index in [9.17, 15) is 4.79 Å². The van der Waals surface area contributed by atoms with Crippen LogP contribution in [0.25, 0.3) is 0 Å². The van der Waals surface area contributed by atoms with Crippen LogP contribution in [0.2, 0.25) is 0 Å². The lowest BCUT2D eigenvalue weighted by Gasteiger charge is -2.07. The Bertz CT molecular complexity index is 937. The molecular weight excluding hydrogens is 463 g/mol. The van der Waals surface area contributed by atoms with E-state index in [2.05, 4.69) is 22.4 Å².